The van der Waals surface area contributed by atoms with Gasteiger partial charge >= 0.3 is 0 Å². The Hall–Kier alpha value is -3.02. The molecule has 1 aliphatic heterocycles. The second kappa shape index (κ2) is 18.4. The minimum atomic E-state index is -0.424. The molecule has 1 atom stereocenters. The summed E-state index contributed by atoms with van der Waals surface area (Å²) < 4.78 is 37.7. The lowest BCUT2D eigenvalue weighted by Crippen LogP contribution is -2.18. The highest BCUT2D eigenvalue weighted by molar-refractivity contribution is 5.70. The maximum atomic E-state index is 6.72. The summed E-state index contributed by atoms with van der Waals surface area (Å²) in [6.45, 7) is 14.1. The number of fused-ring (bicyclic) bond motifs is 1. The van der Waals surface area contributed by atoms with Crippen molar-refractivity contribution in [1.82, 2.24) is 0 Å². The fraction of sp³-hybridized carbons (Fsp3) is 0.600. The molecular weight excluding hydrogens is 516 g/mol. The Morgan fingerprint density at radius 3 is 1.71 bits per heavy atom. The van der Waals surface area contributed by atoms with E-state index in [4.69, 9.17) is 28.4 Å². The Kier molecular flexibility index (Phi) is 14.6. The molecule has 6 nitrogen and oxygen atoms in total. The molecule has 2 aromatic rings. The lowest BCUT2D eigenvalue weighted by atomic mass is 10.0. The topological polar surface area (TPSA) is 55.4 Å². The van der Waals surface area contributed by atoms with Crippen LogP contribution in [0.25, 0.3) is 6.08 Å². The van der Waals surface area contributed by atoms with Crippen LogP contribution < -0.4 is 23.7 Å². The number of benzene rings is 2. The standard InChI is InChI=1S/C35H52O6/c1-6-11-18-36-28-24-31(38-20-13-8-3)29-26-34(40-22-15-10-5)35(41-32(29)25-28)27-16-17-30(37-19-12-7-2)33(23-27)39-21-14-9-4/h16-17,23-26,35H,6-15,18-22H2,1-5H3/t35-/m1/s1. The summed E-state index contributed by atoms with van der Waals surface area (Å²) in [5, 5.41) is 0. The van der Waals surface area contributed by atoms with Crippen molar-refractivity contribution in [3.05, 3.63) is 47.2 Å². The van der Waals surface area contributed by atoms with Gasteiger partial charge in [-0.3, -0.25) is 0 Å². The van der Waals surface area contributed by atoms with E-state index in [-0.39, 0.29) is 0 Å². The van der Waals surface area contributed by atoms with Crippen molar-refractivity contribution in [2.75, 3.05) is 33.0 Å². The fourth-order valence-corrected chi connectivity index (χ4v) is 4.34. The fourth-order valence-electron chi connectivity index (χ4n) is 4.34. The molecule has 3 rings (SSSR count). The quantitative estimate of drug-likeness (QED) is 0.140. The Morgan fingerprint density at radius 1 is 0.561 bits per heavy atom. The molecule has 0 bridgehead atoms. The molecule has 1 heterocycles. The SMILES string of the molecule is CCCCOC1=Cc2c(OCCCC)cc(OCCCC)cc2O[C@@H]1c1ccc(OCCCC)c(OCCCC)c1. The molecule has 0 amide bonds. The molecule has 0 aliphatic carbocycles. The Labute approximate surface area is 248 Å². The van der Waals surface area contributed by atoms with E-state index in [1.54, 1.807) is 0 Å². The third-order valence-electron chi connectivity index (χ3n) is 6.94. The van der Waals surface area contributed by atoms with Crippen LogP contribution in [0.3, 0.4) is 0 Å². The molecule has 0 saturated heterocycles. The van der Waals surface area contributed by atoms with Crippen LogP contribution >= 0.6 is 0 Å². The van der Waals surface area contributed by atoms with E-state index < -0.39 is 6.10 Å². The third-order valence-corrected chi connectivity index (χ3v) is 6.94. The molecule has 0 saturated carbocycles. The molecule has 0 radical (unpaired) electrons. The first-order chi connectivity index (χ1) is 20.1. The summed E-state index contributed by atoms with van der Waals surface area (Å²) in [5.74, 6) is 4.54. The van der Waals surface area contributed by atoms with Crippen LogP contribution in [-0.4, -0.2) is 33.0 Å². The molecule has 0 aromatic heterocycles. The number of hydrogen-bond acceptors (Lipinski definition) is 6. The lowest BCUT2D eigenvalue weighted by Gasteiger charge is -2.29. The number of hydrogen-bond donors (Lipinski definition) is 0. The van der Waals surface area contributed by atoms with Crippen LogP contribution in [0, 0.1) is 0 Å². The largest absolute Gasteiger partial charge is 0.494 e. The van der Waals surface area contributed by atoms with E-state index in [0.29, 0.717) is 33.0 Å². The first-order valence-electron chi connectivity index (χ1n) is 16.0. The first-order valence-corrected chi connectivity index (χ1v) is 16.0. The van der Waals surface area contributed by atoms with Crippen molar-refractivity contribution in [2.45, 2.75) is 105 Å². The van der Waals surface area contributed by atoms with Gasteiger partial charge in [0.15, 0.2) is 17.6 Å². The van der Waals surface area contributed by atoms with Crippen LogP contribution in [0.15, 0.2) is 36.1 Å². The molecule has 0 N–H and O–H groups in total. The van der Waals surface area contributed by atoms with Crippen molar-refractivity contribution >= 4 is 6.08 Å². The van der Waals surface area contributed by atoms with Gasteiger partial charge in [0.25, 0.3) is 0 Å². The van der Waals surface area contributed by atoms with E-state index in [9.17, 15) is 0 Å². The van der Waals surface area contributed by atoms with Gasteiger partial charge in [-0.05, 0) is 50.3 Å². The summed E-state index contributed by atoms with van der Waals surface area (Å²) >= 11 is 0. The molecule has 0 unspecified atom stereocenters. The van der Waals surface area contributed by atoms with Crippen LogP contribution in [0.5, 0.6) is 28.7 Å². The van der Waals surface area contributed by atoms with Gasteiger partial charge in [-0.25, -0.2) is 0 Å². The predicted molar refractivity (Wildman–Crippen MR) is 167 cm³/mol. The average molecular weight is 569 g/mol. The van der Waals surface area contributed by atoms with Crippen LogP contribution in [0.2, 0.25) is 0 Å². The Morgan fingerprint density at radius 2 is 1.10 bits per heavy atom. The number of ether oxygens (including phenoxy) is 6. The molecule has 6 heteroatoms. The zero-order valence-corrected chi connectivity index (χ0v) is 26.1. The molecule has 41 heavy (non-hydrogen) atoms. The van der Waals surface area contributed by atoms with Crippen LogP contribution in [-0.2, 0) is 4.74 Å². The molecule has 0 spiro atoms. The predicted octanol–water partition coefficient (Wildman–Crippen LogP) is 9.69. The number of unbranched alkanes of at least 4 members (excludes halogenated alkanes) is 5. The zero-order valence-electron chi connectivity index (χ0n) is 26.1. The monoisotopic (exact) mass is 568 g/mol. The first kappa shape index (κ1) is 32.5. The molecule has 2 aromatic carbocycles. The highest BCUT2D eigenvalue weighted by atomic mass is 16.5. The van der Waals surface area contributed by atoms with Crippen LogP contribution in [0.4, 0.5) is 0 Å². The smallest absolute Gasteiger partial charge is 0.181 e. The van der Waals surface area contributed by atoms with Gasteiger partial charge in [0.05, 0.1) is 38.6 Å². The van der Waals surface area contributed by atoms with Gasteiger partial charge in [0.2, 0.25) is 0 Å². The minimum absolute atomic E-state index is 0.424. The maximum absolute atomic E-state index is 6.72. The summed E-state index contributed by atoms with van der Waals surface area (Å²) in [7, 11) is 0. The van der Waals surface area contributed by atoms with Gasteiger partial charge in [-0.2, -0.15) is 0 Å². The molecule has 228 valence electrons. The van der Waals surface area contributed by atoms with E-state index in [0.717, 1.165) is 110 Å². The van der Waals surface area contributed by atoms with Crippen molar-refractivity contribution in [3.8, 4) is 28.7 Å². The van der Waals surface area contributed by atoms with Gasteiger partial charge in [0.1, 0.15) is 23.0 Å². The van der Waals surface area contributed by atoms with Crippen molar-refractivity contribution in [1.29, 1.82) is 0 Å². The maximum Gasteiger partial charge on any atom is 0.181 e. The lowest BCUT2D eigenvalue weighted by molar-refractivity contribution is 0.113. The molecule has 0 fully saturated rings. The molecule has 1 aliphatic rings. The van der Waals surface area contributed by atoms with Crippen molar-refractivity contribution < 1.29 is 28.4 Å². The summed E-state index contributed by atoms with van der Waals surface area (Å²) in [4.78, 5) is 0. The summed E-state index contributed by atoms with van der Waals surface area (Å²) in [5.41, 5.74) is 1.85. The van der Waals surface area contributed by atoms with E-state index in [1.165, 1.54) is 0 Å². The molecular formula is C35H52O6. The Balaban J connectivity index is 1.99. The second-order valence-corrected chi connectivity index (χ2v) is 10.6. The Bertz CT molecular complexity index is 1060. The summed E-state index contributed by atoms with van der Waals surface area (Å²) in [6, 6.07) is 10.1. The normalized spacial score (nSPS) is 14.1. The van der Waals surface area contributed by atoms with Gasteiger partial charge in [-0.15, -0.1) is 0 Å². The van der Waals surface area contributed by atoms with E-state index in [1.807, 2.05) is 24.3 Å². The van der Waals surface area contributed by atoms with Gasteiger partial charge in [0, 0.05) is 17.7 Å². The summed E-state index contributed by atoms with van der Waals surface area (Å²) in [6.07, 6.45) is 11.9. The van der Waals surface area contributed by atoms with Gasteiger partial charge in [-0.1, -0.05) is 72.8 Å². The highest BCUT2D eigenvalue weighted by Crippen LogP contribution is 2.45. The van der Waals surface area contributed by atoms with Crippen LogP contribution in [0.1, 0.15) is 116 Å². The second-order valence-electron chi connectivity index (χ2n) is 10.6. The van der Waals surface area contributed by atoms with E-state index >= 15 is 0 Å². The zero-order chi connectivity index (χ0) is 29.3. The minimum Gasteiger partial charge on any atom is -0.494 e. The van der Waals surface area contributed by atoms with Crippen molar-refractivity contribution in [3.63, 3.8) is 0 Å². The van der Waals surface area contributed by atoms with Crippen molar-refractivity contribution in [2.24, 2.45) is 0 Å². The third kappa shape index (κ3) is 10.1. The van der Waals surface area contributed by atoms with E-state index in [2.05, 4.69) is 46.8 Å². The highest BCUT2D eigenvalue weighted by Gasteiger charge is 2.30. The average Bonchev–Trinajstić information content (AvgIpc) is 2.98. The van der Waals surface area contributed by atoms with Gasteiger partial charge < -0.3 is 28.4 Å². The number of rotatable bonds is 21.